The van der Waals surface area contributed by atoms with Crippen LogP contribution in [0.2, 0.25) is 0 Å². The molecule has 0 saturated heterocycles. The molecule has 4 aromatic rings. The van der Waals surface area contributed by atoms with Crippen molar-refractivity contribution in [2.45, 2.75) is 89.6 Å². The SMILES string of the molecule is CN(C)CCCCC(=O)Nc1ccc(O[C@H]2C[C@]3(C)[C@@H](OCc4ccccc4)CC[C@H]3[C@@H]3CCc4cc(OCc5ccccc5)ccc4[C@H]32)cc1F. The summed E-state index contributed by atoms with van der Waals surface area (Å²) in [4.78, 5) is 14.7. The third-order valence-corrected chi connectivity index (χ3v) is 11.9. The van der Waals surface area contributed by atoms with Gasteiger partial charge in [-0.1, -0.05) is 73.7 Å². The van der Waals surface area contributed by atoms with E-state index in [2.05, 4.69) is 71.7 Å². The molecule has 2 fully saturated rings. The molecule has 4 aromatic carbocycles. The fraction of sp³-hybridized carbons (Fsp3) is 0.444. The van der Waals surface area contributed by atoms with Gasteiger partial charge in [-0.05, 0) is 124 Å². The molecule has 274 valence electrons. The summed E-state index contributed by atoms with van der Waals surface area (Å²) in [6.07, 6.45) is 7.03. The first-order valence-corrected chi connectivity index (χ1v) is 19.1. The number of carbonyl (C=O) groups is 1. The van der Waals surface area contributed by atoms with Crippen LogP contribution in [0, 0.1) is 23.1 Å². The van der Waals surface area contributed by atoms with Crippen molar-refractivity contribution in [3.05, 3.63) is 125 Å². The summed E-state index contributed by atoms with van der Waals surface area (Å²) in [5.41, 5.74) is 5.08. The van der Waals surface area contributed by atoms with E-state index in [-0.39, 0.29) is 35.1 Å². The average Bonchev–Trinajstić information content (AvgIpc) is 3.48. The van der Waals surface area contributed by atoms with Crippen LogP contribution in [0.4, 0.5) is 10.1 Å². The van der Waals surface area contributed by atoms with Crippen molar-refractivity contribution >= 4 is 11.6 Å². The maximum absolute atomic E-state index is 15.5. The molecule has 6 nitrogen and oxygen atoms in total. The van der Waals surface area contributed by atoms with Crippen LogP contribution < -0.4 is 14.8 Å². The molecule has 0 aliphatic heterocycles. The molecule has 7 heteroatoms. The molecule has 3 aliphatic rings. The van der Waals surface area contributed by atoms with Crippen molar-refractivity contribution in [3.63, 3.8) is 0 Å². The first kappa shape index (κ1) is 36.2. The number of hydrogen-bond donors (Lipinski definition) is 1. The normalized spacial score (nSPS) is 24.8. The van der Waals surface area contributed by atoms with E-state index in [1.807, 2.05) is 38.4 Å². The van der Waals surface area contributed by atoms with Crippen LogP contribution in [-0.4, -0.2) is 43.7 Å². The van der Waals surface area contributed by atoms with Gasteiger partial charge in [-0.25, -0.2) is 4.39 Å². The van der Waals surface area contributed by atoms with Gasteiger partial charge in [-0.2, -0.15) is 0 Å². The van der Waals surface area contributed by atoms with E-state index < -0.39 is 5.82 Å². The number of ether oxygens (including phenoxy) is 3. The maximum atomic E-state index is 15.5. The molecule has 0 radical (unpaired) electrons. The minimum absolute atomic E-state index is 0.0735. The summed E-state index contributed by atoms with van der Waals surface area (Å²) in [6.45, 7) is 4.45. The Morgan fingerprint density at radius 3 is 2.33 bits per heavy atom. The Bertz CT molecular complexity index is 1800. The van der Waals surface area contributed by atoms with E-state index >= 15 is 4.39 Å². The lowest BCUT2D eigenvalue weighted by Crippen LogP contribution is -2.52. The highest BCUT2D eigenvalue weighted by Gasteiger charge is 2.59. The molecule has 7 rings (SSSR count). The fourth-order valence-corrected chi connectivity index (χ4v) is 9.32. The van der Waals surface area contributed by atoms with Crippen molar-refractivity contribution in [3.8, 4) is 11.5 Å². The van der Waals surface area contributed by atoms with Gasteiger partial charge in [0.1, 0.15) is 30.0 Å². The molecule has 0 heterocycles. The van der Waals surface area contributed by atoms with Gasteiger partial charge in [-0.3, -0.25) is 4.79 Å². The number of amides is 1. The van der Waals surface area contributed by atoms with Crippen LogP contribution in [0.3, 0.4) is 0 Å². The number of nitrogens with one attached hydrogen (secondary N) is 1. The minimum Gasteiger partial charge on any atom is -0.490 e. The molecule has 1 N–H and O–H groups in total. The molecule has 0 unspecified atom stereocenters. The number of hydrogen-bond acceptors (Lipinski definition) is 5. The number of halogens is 1. The number of unbranched alkanes of at least 4 members (excludes halogenated alkanes) is 1. The monoisotopic (exact) mass is 704 g/mol. The van der Waals surface area contributed by atoms with E-state index in [4.69, 9.17) is 14.2 Å². The van der Waals surface area contributed by atoms with Crippen molar-refractivity contribution in [1.29, 1.82) is 0 Å². The Morgan fingerprint density at radius 2 is 1.60 bits per heavy atom. The van der Waals surface area contributed by atoms with E-state index in [1.165, 1.54) is 22.8 Å². The zero-order valence-electron chi connectivity index (χ0n) is 30.9. The Labute approximate surface area is 308 Å². The average molecular weight is 705 g/mol. The van der Waals surface area contributed by atoms with Gasteiger partial charge in [-0.15, -0.1) is 0 Å². The number of carbonyl (C=O) groups excluding carboxylic acids is 1. The maximum Gasteiger partial charge on any atom is 0.224 e. The van der Waals surface area contributed by atoms with Crippen LogP contribution in [-0.2, 0) is 29.2 Å². The standard InChI is InChI=1S/C45H53FN2O4/c1-45-28-41(52-35-19-23-40(39(46)27-35)47-43(49)16-10-11-25-48(2)3)44-36-21-18-34(50-29-31-12-6-4-7-13-31)26-33(36)17-20-37(44)38(45)22-24-42(45)51-30-32-14-8-5-9-15-32/h4-9,12-15,18-19,21,23,26-27,37-38,41-42,44H,10-11,16-17,20,22,24-25,28-30H2,1-3H3,(H,47,49)/t37-,38-,41-,42-,44+,45-/m0/s1. The summed E-state index contributed by atoms with van der Waals surface area (Å²) in [5.74, 6) is 1.82. The molecule has 6 atom stereocenters. The molecule has 0 spiro atoms. The molecule has 3 aliphatic carbocycles. The van der Waals surface area contributed by atoms with Crippen molar-refractivity contribution in [1.82, 2.24) is 4.90 Å². The number of rotatable bonds is 14. The largest absolute Gasteiger partial charge is 0.490 e. The summed E-state index contributed by atoms with van der Waals surface area (Å²) < 4.78 is 35.4. The van der Waals surface area contributed by atoms with Crippen LogP contribution in [0.15, 0.2) is 97.1 Å². The number of fused-ring (bicyclic) bond motifs is 5. The van der Waals surface area contributed by atoms with Gasteiger partial charge in [0, 0.05) is 23.8 Å². The number of benzene rings is 4. The lowest BCUT2D eigenvalue weighted by Gasteiger charge is -2.53. The van der Waals surface area contributed by atoms with E-state index in [0.29, 0.717) is 37.2 Å². The highest BCUT2D eigenvalue weighted by atomic mass is 19.1. The highest BCUT2D eigenvalue weighted by molar-refractivity contribution is 5.90. The van der Waals surface area contributed by atoms with E-state index in [0.717, 1.165) is 62.8 Å². The molecular weight excluding hydrogens is 652 g/mol. The minimum atomic E-state index is -0.482. The zero-order chi connectivity index (χ0) is 36.1. The van der Waals surface area contributed by atoms with E-state index in [1.54, 1.807) is 12.1 Å². The van der Waals surface area contributed by atoms with Crippen LogP contribution in [0.25, 0.3) is 0 Å². The van der Waals surface area contributed by atoms with Gasteiger partial charge in [0.05, 0.1) is 18.4 Å². The van der Waals surface area contributed by atoms with Gasteiger partial charge in [0.15, 0.2) is 0 Å². The Hall–Kier alpha value is -4.20. The topological polar surface area (TPSA) is 60.0 Å². The van der Waals surface area contributed by atoms with Gasteiger partial charge >= 0.3 is 0 Å². The second-order valence-electron chi connectivity index (χ2n) is 15.6. The first-order chi connectivity index (χ1) is 25.3. The van der Waals surface area contributed by atoms with Crippen LogP contribution >= 0.6 is 0 Å². The highest BCUT2D eigenvalue weighted by Crippen LogP contribution is 2.62. The smallest absolute Gasteiger partial charge is 0.224 e. The van der Waals surface area contributed by atoms with Crippen LogP contribution in [0.5, 0.6) is 11.5 Å². The molecule has 1 amide bonds. The summed E-state index contributed by atoms with van der Waals surface area (Å²) in [6, 6.07) is 32.1. The second kappa shape index (κ2) is 16.2. The second-order valence-corrected chi connectivity index (χ2v) is 15.6. The lowest BCUT2D eigenvalue weighted by atomic mass is 9.54. The molecule has 52 heavy (non-hydrogen) atoms. The first-order valence-electron chi connectivity index (χ1n) is 19.1. The third-order valence-electron chi connectivity index (χ3n) is 11.9. The third kappa shape index (κ3) is 8.21. The molecular formula is C45H53FN2O4. The van der Waals surface area contributed by atoms with Crippen LogP contribution in [0.1, 0.15) is 80.0 Å². The quantitative estimate of drug-likeness (QED) is 0.133. The predicted molar refractivity (Wildman–Crippen MR) is 204 cm³/mol. The fourth-order valence-electron chi connectivity index (χ4n) is 9.32. The number of anilines is 1. The van der Waals surface area contributed by atoms with Crippen molar-refractivity contribution in [2.24, 2.45) is 17.3 Å². The summed E-state index contributed by atoms with van der Waals surface area (Å²) in [5, 5.41) is 2.77. The number of nitrogens with zero attached hydrogens (tertiary/aromatic N) is 1. The Balaban J connectivity index is 1.11. The van der Waals surface area contributed by atoms with Gasteiger partial charge in [0.25, 0.3) is 0 Å². The molecule has 0 aromatic heterocycles. The Morgan fingerprint density at radius 1 is 0.865 bits per heavy atom. The van der Waals surface area contributed by atoms with Crippen molar-refractivity contribution < 1.29 is 23.4 Å². The number of aryl methyl sites for hydroxylation is 1. The van der Waals surface area contributed by atoms with Crippen molar-refractivity contribution in [2.75, 3.05) is 26.0 Å². The summed E-state index contributed by atoms with van der Waals surface area (Å²) in [7, 11) is 4.03. The zero-order valence-corrected chi connectivity index (χ0v) is 30.9. The lowest BCUT2D eigenvalue weighted by molar-refractivity contribution is -0.116. The predicted octanol–water partition coefficient (Wildman–Crippen LogP) is 9.57. The molecule has 2 saturated carbocycles. The van der Waals surface area contributed by atoms with Gasteiger partial charge in [0.2, 0.25) is 5.91 Å². The summed E-state index contributed by atoms with van der Waals surface area (Å²) >= 11 is 0. The van der Waals surface area contributed by atoms with Gasteiger partial charge < -0.3 is 24.4 Å². The van der Waals surface area contributed by atoms with E-state index in [9.17, 15) is 4.79 Å². The Kier molecular flexibility index (Phi) is 11.3. The molecule has 0 bridgehead atoms.